The number of nitrogens with one attached hydrogen (secondary N) is 2. The third-order valence-electron chi connectivity index (χ3n) is 13.2. The molecule has 1 aromatic rings. The number of carbonyl (C=O) groups is 6. The first-order valence-electron chi connectivity index (χ1n) is 22.4. The van der Waals surface area contributed by atoms with E-state index in [1.54, 1.807) is 50.1 Å². The average molecular weight is 957 g/mol. The van der Waals surface area contributed by atoms with E-state index >= 15 is 0 Å². The van der Waals surface area contributed by atoms with Crippen molar-refractivity contribution in [2.75, 3.05) is 44.7 Å². The number of thioether (sulfide) groups is 1. The number of allylic oxidation sites excluding steroid dienone is 4. The smallest absolute Gasteiger partial charge is 0.409 e. The molecule has 5 amide bonds. The van der Waals surface area contributed by atoms with Gasteiger partial charge in [0, 0.05) is 57.1 Å². The number of nitrogens with zero attached hydrogens (tertiary/aromatic N) is 3. The Bertz CT molecular complexity index is 2110. The number of carbonyl (C=O) groups excluding carboxylic acids is 6. The molecule has 0 spiro atoms. The predicted molar refractivity (Wildman–Crippen MR) is 253 cm³/mol. The maximum Gasteiger partial charge on any atom is 0.409 e. The van der Waals surface area contributed by atoms with Gasteiger partial charge in [0.15, 0.2) is 0 Å². The summed E-state index contributed by atoms with van der Waals surface area (Å²) in [6.07, 6.45) is 9.58. The third-order valence-corrected chi connectivity index (χ3v) is 14.2. The molecule has 362 valence electrons. The topological polar surface area (TPSA) is 197 Å². The molecule has 0 aliphatic carbocycles. The summed E-state index contributed by atoms with van der Waals surface area (Å²) in [4.78, 5) is 84.9. The van der Waals surface area contributed by atoms with Crippen LogP contribution in [0.15, 0.2) is 60.4 Å². The number of likely N-dealkylation sites (N-methyl/N-ethyl adjacent to an activating group) is 1. The Balaban J connectivity index is 1.36. The van der Waals surface area contributed by atoms with E-state index in [2.05, 4.69) is 17.2 Å². The molecule has 9 atom stereocenters. The van der Waals surface area contributed by atoms with Crippen molar-refractivity contribution in [1.29, 1.82) is 0 Å². The van der Waals surface area contributed by atoms with E-state index in [9.17, 15) is 33.9 Å². The summed E-state index contributed by atoms with van der Waals surface area (Å²) in [6.45, 7) is 13.1. The molecular formula is C48H66ClN5O11S. The fourth-order valence-electron chi connectivity index (χ4n) is 8.58. The van der Waals surface area contributed by atoms with Gasteiger partial charge in [0.25, 0.3) is 5.91 Å². The molecule has 7 unspecified atom stereocenters. The number of anilines is 1. The molecule has 4 aliphatic rings. The number of amides is 5. The summed E-state index contributed by atoms with van der Waals surface area (Å²) < 4.78 is 23.9. The van der Waals surface area contributed by atoms with E-state index in [4.69, 9.17) is 30.5 Å². The molecule has 18 heteroatoms. The zero-order valence-corrected chi connectivity index (χ0v) is 41.1. The maximum atomic E-state index is 14.4. The van der Waals surface area contributed by atoms with Crippen LogP contribution in [0.2, 0.25) is 5.02 Å². The standard InChI is InChI=1S/C48H66ClN5O11S/c1-28-15-14-16-29(2)48(61)27-37(63-46(60)51-48)31(4)43-47(6,65-43)38(26-41(57)53(8)35-24-33(23-28)25-36(62-9)42(35)49)64-45(59)32(5)52(7)44(58)34(20-22-66-10)50-39(55)17-12-11-13-21-54-30(3)18-19-40(54)56/h14-16,18-19,24-25,29,31-32,34,37-38,43,61H,3,11-13,17,20-23,26-27H2,1-2,4-10H3,(H,50,55)(H,51,60)/b16-14+,28-15+/t29?,31?,32-,34-,37?,38?,43?,47?,48?/m0/s1. The molecule has 1 aromatic carbocycles. The first-order valence-corrected chi connectivity index (χ1v) is 24.2. The van der Waals surface area contributed by atoms with E-state index in [-0.39, 0.29) is 36.1 Å². The number of epoxide rings is 1. The van der Waals surface area contributed by atoms with Crippen LogP contribution in [0.3, 0.4) is 0 Å². The third kappa shape index (κ3) is 12.4. The number of alkyl carbamates (subject to hydrolysis) is 1. The number of methoxy groups -OCH3 is 1. The Morgan fingerprint density at radius 1 is 1.17 bits per heavy atom. The van der Waals surface area contributed by atoms with Gasteiger partial charge in [0.05, 0.1) is 25.3 Å². The molecule has 5 rings (SSSR count). The predicted octanol–water partition coefficient (Wildman–Crippen LogP) is 5.85. The molecule has 3 N–H and O–H groups in total. The molecule has 2 saturated heterocycles. The minimum Gasteiger partial charge on any atom is -0.495 e. The van der Waals surface area contributed by atoms with Gasteiger partial charge in [0.2, 0.25) is 17.7 Å². The van der Waals surface area contributed by atoms with Crippen LogP contribution in [0.1, 0.15) is 85.1 Å². The van der Waals surface area contributed by atoms with Gasteiger partial charge in [-0.1, -0.05) is 62.2 Å². The molecule has 4 heterocycles. The largest absolute Gasteiger partial charge is 0.495 e. The van der Waals surface area contributed by atoms with Crippen molar-refractivity contribution in [3.63, 3.8) is 0 Å². The number of benzene rings is 1. The molecule has 0 saturated carbocycles. The molecule has 66 heavy (non-hydrogen) atoms. The minimum atomic E-state index is -1.66. The fraction of sp³-hybridized carbons (Fsp3) is 0.583. The van der Waals surface area contributed by atoms with E-state index in [0.717, 1.165) is 11.1 Å². The number of ether oxygens (including phenoxy) is 4. The van der Waals surface area contributed by atoms with Crippen molar-refractivity contribution >= 4 is 64.7 Å². The van der Waals surface area contributed by atoms with E-state index < -0.39 is 77.4 Å². The first kappa shape index (κ1) is 52.1. The van der Waals surface area contributed by atoms with E-state index in [0.29, 0.717) is 61.5 Å². The Morgan fingerprint density at radius 2 is 1.89 bits per heavy atom. The zero-order valence-electron chi connectivity index (χ0n) is 39.5. The quantitative estimate of drug-likeness (QED) is 0.108. The van der Waals surface area contributed by atoms with Crippen molar-refractivity contribution in [2.45, 2.75) is 128 Å². The van der Waals surface area contributed by atoms with Crippen LogP contribution in [0, 0.1) is 11.8 Å². The Labute approximate surface area is 397 Å². The second kappa shape index (κ2) is 22.3. The highest BCUT2D eigenvalue weighted by Crippen LogP contribution is 2.49. The minimum absolute atomic E-state index is 0.0216. The van der Waals surface area contributed by atoms with E-state index in [1.807, 2.05) is 32.3 Å². The number of fused-ring (bicyclic) bond motifs is 5. The molecule has 4 aliphatic heterocycles. The molecular weight excluding hydrogens is 890 g/mol. The van der Waals surface area contributed by atoms with Crippen molar-refractivity contribution in [3.8, 4) is 5.75 Å². The number of rotatable bonds is 15. The maximum absolute atomic E-state index is 14.4. The van der Waals surface area contributed by atoms with Gasteiger partial charge in [-0.3, -0.25) is 24.5 Å². The van der Waals surface area contributed by atoms with Crippen LogP contribution in [0.4, 0.5) is 10.5 Å². The molecule has 16 nitrogen and oxygen atoms in total. The summed E-state index contributed by atoms with van der Waals surface area (Å²) in [7, 11) is 4.51. The summed E-state index contributed by atoms with van der Waals surface area (Å²) >= 11 is 8.33. The lowest BCUT2D eigenvalue weighted by atomic mass is 9.82. The van der Waals surface area contributed by atoms with Gasteiger partial charge in [-0.2, -0.15) is 11.8 Å². The Hall–Kier alpha value is -4.84. The van der Waals surface area contributed by atoms with Crippen LogP contribution >= 0.6 is 23.4 Å². The summed E-state index contributed by atoms with van der Waals surface area (Å²) in [5.74, 6) is -2.34. The average Bonchev–Trinajstić information content (AvgIpc) is 3.87. The van der Waals surface area contributed by atoms with Gasteiger partial charge in [-0.15, -0.1) is 0 Å². The highest BCUT2D eigenvalue weighted by Gasteiger charge is 2.64. The highest BCUT2D eigenvalue weighted by molar-refractivity contribution is 7.98. The fourth-order valence-corrected chi connectivity index (χ4v) is 9.36. The van der Waals surface area contributed by atoms with Crippen LogP contribution in [0.25, 0.3) is 0 Å². The van der Waals surface area contributed by atoms with Gasteiger partial charge in [-0.25, -0.2) is 9.59 Å². The van der Waals surface area contributed by atoms with Crippen LogP contribution in [-0.2, 0) is 44.6 Å². The van der Waals surface area contributed by atoms with Gasteiger partial charge in [0.1, 0.15) is 46.4 Å². The monoisotopic (exact) mass is 955 g/mol. The first-order chi connectivity index (χ1) is 31.1. The number of halogens is 1. The number of hydrogen-bond acceptors (Lipinski definition) is 12. The van der Waals surface area contributed by atoms with Gasteiger partial charge < -0.3 is 44.1 Å². The molecule has 2 fully saturated rings. The summed E-state index contributed by atoms with van der Waals surface area (Å²) in [5.41, 5.74) is -0.165. The van der Waals surface area contributed by atoms with Gasteiger partial charge in [-0.05, 0) is 82.2 Å². The number of unbranched alkanes of at least 4 members (excludes halogenated alkanes) is 2. The number of esters is 1. The van der Waals surface area contributed by atoms with Crippen molar-refractivity contribution in [2.24, 2.45) is 11.8 Å². The normalized spacial score (nSPS) is 28.8. The highest BCUT2D eigenvalue weighted by atomic mass is 35.5. The second-order valence-electron chi connectivity index (χ2n) is 18.0. The van der Waals surface area contributed by atoms with Gasteiger partial charge >= 0.3 is 12.1 Å². The lowest BCUT2D eigenvalue weighted by molar-refractivity contribution is -0.162. The van der Waals surface area contributed by atoms with E-state index in [1.165, 1.54) is 48.7 Å². The van der Waals surface area contributed by atoms with Crippen LogP contribution in [-0.4, -0.2) is 132 Å². The molecule has 0 radical (unpaired) electrons. The van der Waals surface area contributed by atoms with Crippen LogP contribution < -0.4 is 20.3 Å². The van der Waals surface area contributed by atoms with Crippen LogP contribution in [0.5, 0.6) is 5.75 Å². The zero-order chi connectivity index (χ0) is 48.7. The Morgan fingerprint density at radius 3 is 2.56 bits per heavy atom. The number of hydrogen-bond donors (Lipinski definition) is 3. The van der Waals surface area contributed by atoms with Crippen molar-refractivity contribution < 1.29 is 52.8 Å². The number of aliphatic hydroxyl groups is 1. The van der Waals surface area contributed by atoms with Crippen molar-refractivity contribution in [3.05, 3.63) is 70.9 Å². The lowest BCUT2D eigenvalue weighted by Gasteiger charge is -2.41. The second-order valence-corrected chi connectivity index (χ2v) is 19.4. The molecule has 0 aromatic heterocycles. The van der Waals surface area contributed by atoms with Crippen molar-refractivity contribution in [1.82, 2.24) is 20.4 Å². The lowest BCUT2D eigenvalue weighted by Crippen LogP contribution is -2.60. The molecule has 4 bridgehead atoms. The Kier molecular flexibility index (Phi) is 17.6. The SMILES string of the molecule is C=C1C=CC(=O)N1CCCCCC(=O)N[C@@H](CCSC)C(=O)N(C)[C@@H](C)C(=O)OC1CC(=O)N(C)c2cc(cc(OC)c2Cl)C/C(C)=C/C=C/C(C)C2(O)CC(OC(=O)N2)C(C)C2OC12C. The summed E-state index contributed by atoms with van der Waals surface area (Å²) in [6, 6.07) is 1.51. The summed E-state index contributed by atoms with van der Waals surface area (Å²) in [5, 5.41) is 17.4.